The van der Waals surface area contributed by atoms with Gasteiger partial charge < -0.3 is 47.7 Å². The maximum atomic E-state index is 15.5. The molecule has 2 fully saturated rings. The van der Waals surface area contributed by atoms with E-state index in [1.807, 2.05) is 44.9 Å². The summed E-state index contributed by atoms with van der Waals surface area (Å²) in [5.74, 6) is -4.99. The molecule has 9 unspecified atom stereocenters. The van der Waals surface area contributed by atoms with Gasteiger partial charge in [0.25, 0.3) is 5.79 Å². The van der Waals surface area contributed by atoms with E-state index in [-0.39, 0.29) is 57.4 Å². The normalized spacial score (nSPS) is 29.0. The number of phenols is 1. The maximum absolute atomic E-state index is 15.5. The molecule has 2 aromatic carbocycles. The van der Waals surface area contributed by atoms with Crippen LogP contribution in [-0.2, 0) is 48.6 Å². The van der Waals surface area contributed by atoms with Crippen molar-refractivity contribution in [2.24, 2.45) is 0 Å². The van der Waals surface area contributed by atoms with Crippen LogP contribution in [0.15, 0.2) is 33.5 Å². The van der Waals surface area contributed by atoms with Crippen LogP contribution in [0.25, 0.3) is 16.5 Å². The number of likely N-dealkylation sites (N-methyl/N-ethyl adjacent to an activating group) is 2. The highest BCUT2D eigenvalue weighted by Gasteiger charge is 2.56. The Morgan fingerprint density at radius 2 is 1.52 bits per heavy atom. The van der Waals surface area contributed by atoms with Crippen molar-refractivity contribution in [2.45, 2.75) is 129 Å². The predicted octanol–water partition coefficient (Wildman–Crippen LogP) is 6.00. The maximum Gasteiger partial charge on any atom is 0.305 e. The lowest BCUT2D eigenvalue weighted by atomic mass is 9.72. The number of hydrogen-bond acceptors (Lipinski definition) is 15. The van der Waals surface area contributed by atoms with Crippen LogP contribution in [0.5, 0.6) is 5.75 Å². The van der Waals surface area contributed by atoms with Crippen LogP contribution in [0.4, 0.5) is 0 Å². The summed E-state index contributed by atoms with van der Waals surface area (Å²) in [6.07, 6.45) is -2.33. The number of carbonyl (C=O) groups is 4. The first-order valence-electron chi connectivity index (χ1n) is 20.5. The summed E-state index contributed by atoms with van der Waals surface area (Å²) in [6.45, 7) is 14.6. The second-order valence-electron chi connectivity index (χ2n) is 17.1. The van der Waals surface area contributed by atoms with E-state index in [4.69, 9.17) is 32.8 Å². The van der Waals surface area contributed by atoms with Crippen molar-refractivity contribution in [3.63, 3.8) is 0 Å². The Hall–Kier alpha value is -4.93. The van der Waals surface area contributed by atoms with Crippen molar-refractivity contribution in [1.82, 2.24) is 9.80 Å². The number of fused-ring (bicyclic) bond motifs is 4. The Kier molecular flexibility index (Phi) is 12.5. The van der Waals surface area contributed by atoms with E-state index >= 15 is 4.79 Å². The molecule has 0 radical (unpaired) electrons. The fourth-order valence-corrected chi connectivity index (χ4v) is 9.49. The van der Waals surface area contributed by atoms with Gasteiger partial charge in [0.2, 0.25) is 0 Å². The lowest BCUT2D eigenvalue weighted by Crippen LogP contribution is -2.61. The zero-order chi connectivity index (χ0) is 45.2. The number of carbonyl (C=O) groups excluding carboxylic acids is 4. The van der Waals surface area contributed by atoms with Crippen molar-refractivity contribution in [2.75, 3.05) is 35.3 Å². The zero-order valence-corrected chi connectivity index (χ0v) is 37.5. The van der Waals surface area contributed by atoms with E-state index < -0.39 is 88.9 Å². The van der Waals surface area contributed by atoms with E-state index in [0.717, 1.165) is 0 Å². The summed E-state index contributed by atoms with van der Waals surface area (Å²) in [6, 6.07) is 4.20. The number of benzene rings is 2. The van der Waals surface area contributed by atoms with E-state index in [0.29, 0.717) is 16.7 Å². The minimum Gasteiger partial charge on any atom is -0.507 e. The highest BCUT2D eigenvalue weighted by Crippen LogP contribution is 2.56. The molecule has 61 heavy (non-hydrogen) atoms. The molecule has 3 heterocycles. The predicted molar refractivity (Wildman–Crippen MR) is 224 cm³/mol. The quantitative estimate of drug-likeness (QED) is 0.150. The Bertz CT molecular complexity index is 2380. The van der Waals surface area contributed by atoms with E-state index in [1.54, 1.807) is 52.8 Å². The van der Waals surface area contributed by atoms with Crippen LogP contribution >= 0.6 is 0 Å². The monoisotopic (exact) mass is 846 g/mol. The molecule has 1 aromatic heterocycles. The molecule has 15 nitrogen and oxygen atoms in total. The van der Waals surface area contributed by atoms with Gasteiger partial charge in [0.1, 0.15) is 29.3 Å². The van der Waals surface area contributed by atoms with Gasteiger partial charge in [-0.15, -0.1) is 0 Å². The number of nitrogens with zero attached hydrogens (tertiary/aromatic N) is 2. The standard InChI is InChI=1S/C46H58N2O13/c1-15-21(2)33-19-32(52)36-22(3)16-30-38(43(36)60-33)46(55-14,61-27(8)51)39-37(40(30)53)28(34-18-31(47(10)11)42(23(4)56-34)58-25(6)49)17-29(41(39)54)35-20-45(9,48(12)13)44(24(5)57-35)59-26(7)50/h15-17,19,23-24,31,34-35,42,44,54H,18,20H2,1-14H3/b21-15-. The van der Waals surface area contributed by atoms with Crippen LogP contribution in [0.1, 0.15) is 130 Å². The highest BCUT2D eigenvalue weighted by atomic mass is 16.7. The molecule has 330 valence electrons. The first-order chi connectivity index (χ1) is 28.5. The first kappa shape index (κ1) is 45.6. The molecule has 0 bridgehead atoms. The fourth-order valence-electron chi connectivity index (χ4n) is 9.49. The van der Waals surface area contributed by atoms with Gasteiger partial charge in [-0.05, 0) is 111 Å². The summed E-state index contributed by atoms with van der Waals surface area (Å²) in [5.41, 5.74) is -0.0139. The third kappa shape index (κ3) is 7.68. The average Bonchev–Trinajstić information content (AvgIpc) is 3.17. The Balaban J connectivity index is 1.74. The fraction of sp³-hybridized carbons (Fsp3) is 0.543. The molecule has 1 N–H and O–H groups in total. The first-order valence-corrected chi connectivity index (χ1v) is 20.5. The summed E-state index contributed by atoms with van der Waals surface area (Å²) < 4.78 is 44.0. The van der Waals surface area contributed by atoms with Crippen LogP contribution in [0, 0.1) is 6.92 Å². The number of allylic oxidation sites excluding steroid dienone is 2. The number of ether oxygens (including phenoxy) is 6. The van der Waals surface area contributed by atoms with Gasteiger partial charge in [-0.3, -0.25) is 24.0 Å². The Morgan fingerprint density at radius 3 is 2.08 bits per heavy atom. The summed E-state index contributed by atoms with van der Waals surface area (Å²) in [5, 5.41) is 13.1. The summed E-state index contributed by atoms with van der Waals surface area (Å²) >= 11 is 0. The number of aryl methyl sites for hydroxylation is 1. The smallest absolute Gasteiger partial charge is 0.305 e. The molecule has 15 heteroatoms. The molecular formula is C46H58N2O13. The van der Waals surface area contributed by atoms with Crippen molar-refractivity contribution in [3.8, 4) is 5.75 Å². The highest BCUT2D eigenvalue weighted by molar-refractivity contribution is 6.17. The van der Waals surface area contributed by atoms with Gasteiger partial charge in [-0.2, -0.15) is 0 Å². The second-order valence-corrected chi connectivity index (χ2v) is 17.1. The molecule has 3 aromatic rings. The number of methoxy groups -OCH3 is 1. The van der Waals surface area contributed by atoms with Gasteiger partial charge in [0.15, 0.2) is 11.2 Å². The number of phenolic OH excluding ortho intramolecular Hbond substituents is 1. The molecule has 3 aliphatic rings. The Labute approximate surface area is 355 Å². The van der Waals surface area contributed by atoms with Gasteiger partial charge in [-0.1, -0.05) is 6.08 Å². The summed E-state index contributed by atoms with van der Waals surface area (Å²) in [4.78, 5) is 71.4. The minimum atomic E-state index is -2.38. The second kappa shape index (κ2) is 16.7. The lowest BCUT2D eigenvalue weighted by molar-refractivity contribution is -0.208. The van der Waals surface area contributed by atoms with Gasteiger partial charge in [-0.25, -0.2) is 0 Å². The molecule has 2 aliphatic heterocycles. The zero-order valence-electron chi connectivity index (χ0n) is 37.5. The van der Waals surface area contributed by atoms with Gasteiger partial charge >= 0.3 is 17.9 Å². The van der Waals surface area contributed by atoms with Gasteiger partial charge in [0, 0.05) is 50.6 Å². The summed E-state index contributed by atoms with van der Waals surface area (Å²) in [7, 11) is 8.71. The third-order valence-electron chi connectivity index (χ3n) is 12.8. The molecule has 0 saturated carbocycles. The minimum absolute atomic E-state index is 0.0187. The van der Waals surface area contributed by atoms with Crippen molar-refractivity contribution in [1.29, 1.82) is 0 Å². The lowest BCUT2D eigenvalue weighted by Gasteiger charge is -2.51. The van der Waals surface area contributed by atoms with Crippen molar-refractivity contribution < 1.29 is 57.1 Å². The Morgan fingerprint density at radius 1 is 0.885 bits per heavy atom. The molecule has 0 amide bonds. The van der Waals surface area contributed by atoms with Crippen LogP contribution < -0.4 is 5.43 Å². The number of hydrogen-bond donors (Lipinski definition) is 1. The largest absolute Gasteiger partial charge is 0.507 e. The molecular weight excluding hydrogens is 789 g/mol. The number of aromatic hydroxyl groups is 1. The molecule has 2 saturated heterocycles. The number of ketones is 1. The van der Waals surface area contributed by atoms with Crippen LogP contribution in [0.3, 0.4) is 0 Å². The number of esters is 3. The van der Waals surface area contributed by atoms with E-state index in [1.165, 1.54) is 33.9 Å². The van der Waals surface area contributed by atoms with Crippen molar-refractivity contribution >= 4 is 40.2 Å². The topological polar surface area (TPSA) is 181 Å². The SMILES string of the molecule is C/C=C(/C)c1cc(=O)c2c(C)cc3c(c2o1)C(OC)(OC(C)=O)c1c(O)c(C2CC(C)(N(C)C)C(OC(C)=O)C(C)O2)cc(C2CC(N(C)C)C(OC(C)=O)C(C)O2)c1C3=O. The average molecular weight is 847 g/mol. The van der Waals surface area contributed by atoms with E-state index in [2.05, 4.69) is 0 Å². The number of rotatable bonds is 9. The molecule has 9 atom stereocenters. The third-order valence-corrected chi connectivity index (χ3v) is 12.8. The molecule has 0 spiro atoms. The molecule has 1 aliphatic carbocycles. The van der Waals surface area contributed by atoms with Crippen molar-refractivity contribution in [3.05, 3.63) is 79.2 Å². The van der Waals surface area contributed by atoms with E-state index in [9.17, 15) is 24.3 Å². The van der Waals surface area contributed by atoms with Crippen LogP contribution in [-0.4, -0.2) is 110 Å². The van der Waals surface area contributed by atoms with Gasteiger partial charge in [0.05, 0.1) is 52.5 Å². The van der Waals surface area contributed by atoms with Crippen LogP contribution in [0.2, 0.25) is 0 Å². The molecule has 6 rings (SSSR count).